The average molecular weight is 307 g/mol. The van der Waals surface area contributed by atoms with Gasteiger partial charge in [-0.1, -0.05) is 13.8 Å². The molecule has 0 aromatic carbocycles. The van der Waals surface area contributed by atoms with E-state index in [1.165, 1.54) is 12.8 Å². The van der Waals surface area contributed by atoms with Crippen LogP contribution in [0.3, 0.4) is 0 Å². The van der Waals surface area contributed by atoms with E-state index >= 15 is 0 Å². The molecule has 2 N–H and O–H groups in total. The Kier molecular flexibility index (Phi) is 8.02. The summed E-state index contributed by atoms with van der Waals surface area (Å²) in [5.74, 6) is 1.08. The van der Waals surface area contributed by atoms with Crippen LogP contribution in [0.1, 0.15) is 39.5 Å². The van der Waals surface area contributed by atoms with Crippen molar-refractivity contribution in [3.63, 3.8) is 0 Å². The lowest BCUT2D eigenvalue weighted by Gasteiger charge is -2.27. The Balaban J connectivity index is 2.04. The first-order valence-corrected chi connectivity index (χ1v) is 9.46. The van der Waals surface area contributed by atoms with Gasteiger partial charge in [-0.15, -0.1) is 0 Å². The summed E-state index contributed by atoms with van der Waals surface area (Å²) < 4.78 is 28.3. The van der Waals surface area contributed by atoms with Crippen LogP contribution >= 0.6 is 0 Å². The molecule has 1 rings (SSSR count). The van der Waals surface area contributed by atoms with Gasteiger partial charge in [0, 0.05) is 18.8 Å². The van der Waals surface area contributed by atoms with E-state index in [1.807, 2.05) is 0 Å². The molecule has 0 aliphatic heterocycles. The van der Waals surface area contributed by atoms with Crippen molar-refractivity contribution >= 4 is 9.84 Å². The highest BCUT2D eigenvalue weighted by Gasteiger charge is 2.19. The molecule has 0 amide bonds. The fourth-order valence-electron chi connectivity index (χ4n) is 2.34. The minimum Gasteiger partial charge on any atom is -0.389 e. The van der Waals surface area contributed by atoms with Gasteiger partial charge < -0.3 is 15.2 Å². The van der Waals surface area contributed by atoms with Crippen LogP contribution in [0.15, 0.2) is 0 Å². The van der Waals surface area contributed by atoms with E-state index in [0.717, 1.165) is 18.8 Å². The predicted molar refractivity (Wildman–Crippen MR) is 80.6 cm³/mol. The molecule has 0 aromatic rings. The van der Waals surface area contributed by atoms with Gasteiger partial charge in [0.15, 0.2) is 9.84 Å². The number of sulfone groups is 1. The Morgan fingerprint density at radius 3 is 2.55 bits per heavy atom. The van der Waals surface area contributed by atoms with E-state index in [4.69, 9.17) is 4.74 Å². The van der Waals surface area contributed by atoms with Crippen molar-refractivity contribution in [1.82, 2.24) is 5.32 Å². The number of hydrogen-bond acceptors (Lipinski definition) is 5. The second-order valence-corrected chi connectivity index (χ2v) is 8.28. The summed E-state index contributed by atoms with van der Waals surface area (Å²) in [6.07, 6.45) is 4.27. The monoisotopic (exact) mass is 307 g/mol. The predicted octanol–water partition coefficient (Wildman–Crippen LogP) is 0.967. The molecule has 0 radical (unpaired) electrons. The molecule has 5 nitrogen and oxygen atoms in total. The standard InChI is InChI=1S/C14H29NO4S/c1-3-20(17,18)9-8-15-10-13(16)11-19-14-6-4-12(2)5-7-14/h12-16H,3-11H2,1-2H3. The number of nitrogens with one attached hydrogen (secondary N) is 1. The molecule has 1 fully saturated rings. The third-order valence-electron chi connectivity index (χ3n) is 3.90. The third kappa shape index (κ3) is 7.57. The first-order valence-electron chi connectivity index (χ1n) is 7.63. The van der Waals surface area contributed by atoms with Gasteiger partial charge in [0.25, 0.3) is 0 Å². The zero-order valence-electron chi connectivity index (χ0n) is 12.7. The summed E-state index contributed by atoms with van der Waals surface area (Å²) in [5, 5.41) is 12.7. The molecule has 0 saturated heterocycles. The lowest BCUT2D eigenvalue weighted by molar-refractivity contribution is -0.0276. The van der Waals surface area contributed by atoms with E-state index < -0.39 is 15.9 Å². The topological polar surface area (TPSA) is 75.6 Å². The molecule has 6 heteroatoms. The Bertz CT molecular complexity index is 350. The number of aliphatic hydroxyl groups is 1. The van der Waals surface area contributed by atoms with E-state index in [2.05, 4.69) is 12.2 Å². The highest BCUT2D eigenvalue weighted by Crippen LogP contribution is 2.25. The summed E-state index contributed by atoms with van der Waals surface area (Å²) in [6.45, 7) is 4.99. The minimum absolute atomic E-state index is 0.123. The van der Waals surface area contributed by atoms with Gasteiger partial charge in [0.2, 0.25) is 0 Å². The summed E-state index contributed by atoms with van der Waals surface area (Å²) >= 11 is 0. The lowest BCUT2D eigenvalue weighted by Crippen LogP contribution is -2.35. The molecule has 1 atom stereocenters. The van der Waals surface area contributed by atoms with Crippen molar-refractivity contribution in [3.05, 3.63) is 0 Å². The smallest absolute Gasteiger partial charge is 0.151 e. The largest absolute Gasteiger partial charge is 0.389 e. The minimum atomic E-state index is -2.93. The Labute approximate surface area is 123 Å². The molecular weight excluding hydrogens is 278 g/mol. The Morgan fingerprint density at radius 1 is 1.30 bits per heavy atom. The van der Waals surface area contributed by atoms with Gasteiger partial charge in [0.05, 0.1) is 24.6 Å². The van der Waals surface area contributed by atoms with Gasteiger partial charge in [-0.2, -0.15) is 0 Å². The molecule has 0 bridgehead atoms. The Morgan fingerprint density at radius 2 is 1.95 bits per heavy atom. The van der Waals surface area contributed by atoms with E-state index in [1.54, 1.807) is 6.92 Å². The van der Waals surface area contributed by atoms with Crippen LogP contribution in [0.25, 0.3) is 0 Å². The second kappa shape index (κ2) is 8.97. The van der Waals surface area contributed by atoms with Gasteiger partial charge >= 0.3 is 0 Å². The molecule has 120 valence electrons. The number of hydrogen-bond donors (Lipinski definition) is 2. The van der Waals surface area contributed by atoms with Crippen LogP contribution < -0.4 is 5.32 Å². The van der Waals surface area contributed by atoms with E-state index in [0.29, 0.717) is 19.7 Å². The fourth-order valence-corrected chi connectivity index (χ4v) is 3.09. The highest BCUT2D eigenvalue weighted by molar-refractivity contribution is 7.91. The molecule has 20 heavy (non-hydrogen) atoms. The third-order valence-corrected chi connectivity index (χ3v) is 5.60. The zero-order valence-corrected chi connectivity index (χ0v) is 13.5. The normalized spacial score (nSPS) is 25.6. The molecule has 0 heterocycles. The maximum atomic E-state index is 11.3. The molecular formula is C14H29NO4S. The van der Waals surface area contributed by atoms with Gasteiger partial charge in [-0.3, -0.25) is 0 Å². The molecule has 1 saturated carbocycles. The highest BCUT2D eigenvalue weighted by atomic mass is 32.2. The average Bonchev–Trinajstić information content (AvgIpc) is 2.43. The van der Waals surface area contributed by atoms with Crippen molar-refractivity contribution in [3.8, 4) is 0 Å². The van der Waals surface area contributed by atoms with Crippen molar-refractivity contribution in [2.45, 2.75) is 51.7 Å². The van der Waals surface area contributed by atoms with E-state index in [-0.39, 0.29) is 17.6 Å². The first-order chi connectivity index (χ1) is 9.43. The van der Waals surface area contributed by atoms with Gasteiger partial charge in [-0.25, -0.2) is 8.42 Å². The first kappa shape index (κ1) is 17.9. The van der Waals surface area contributed by atoms with Crippen LogP contribution in [-0.2, 0) is 14.6 Å². The van der Waals surface area contributed by atoms with Crippen molar-refractivity contribution < 1.29 is 18.3 Å². The quantitative estimate of drug-likeness (QED) is 0.621. The summed E-state index contributed by atoms with van der Waals surface area (Å²) in [6, 6.07) is 0. The molecule has 1 aliphatic rings. The molecule has 1 aliphatic carbocycles. The molecule has 1 unspecified atom stereocenters. The van der Waals surface area contributed by atoms with Crippen LogP contribution in [0.4, 0.5) is 0 Å². The van der Waals surface area contributed by atoms with Crippen molar-refractivity contribution in [1.29, 1.82) is 0 Å². The lowest BCUT2D eigenvalue weighted by atomic mass is 9.89. The Hall–Kier alpha value is -0.170. The summed E-state index contributed by atoms with van der Waals surface area (Å²) in [5.41, 5.74) is 0. The summed E-state index contributed by atoms with van der Waals surface area (Å²) in [7, 11) is -2.93. The van der Waals surface area contributed by atoms with E-state index in [9.17, 15) is 13.5 Å². The molecule has 0 spiro atoms. The van der Waals surface area contributed by atoms with Crippen molar-refractivity contribution in [2.24, 2.45) is 5.92 Å². The van der Waals surface area contributed by atoms with Gasteiger partial charge in [0.1, 0.15) is 0 Å². The zero-order chi connectivity index (χ0) is 15.0. The summed E-state index contributed by atoms with van der Waals surface area (Å²) in [4.78, 5) is 0. The molecule has 0 aromatic heterocycles. The fraction of sp³-hybridized carbons (Fsp3) is 1.00. The number of ether oxygens (including phenoxy) is 1. The van der Waals surface area contributed by atoms with Crippen LogP contribution in [-0.4, -0.2) is 56.9 Å². The van der Waals surface area contributed by atoms with Crippen LogP contribution in [0, 0.1) is 5.92 Å². The second-order valence-electron chi connectivity index (χ2n) is 5.81. The van der Waals surface area contributed by atoms with Crippen LogP contribution in [0.5, 0.6) is 0 Å². The van der Waals surface area contributed by atoms with Crippen molar-refractivity contribution in [2.75, 3.05) is 31.2 Å². The number of aliphatic hydroxyl groups excluding tert-OH is 1. The SMILES string of the molecule is CCS(=O)(=O)CCNCC(O)COC1CCC(C)CC1. The van der Waals surface area contributed by atoms with Crippen LogP contribution in [0.2, 0.25) is 0 Å². The van der Waals surface area contributed by atoms with Gasteiger partial charge in [-0.05, 0) is 31.6 Å². The maximum Gasteiger partial charge on any atom is 0.151 e. The number of rotatable bonds is 9. The maximum absolute atomic E-state index is 11.3.